The summed E-state index contributed by atoms with van der Waals surface area (Å²) in [4.78, 5) is 36.8. The van der Waals surface area contributed by atoms with Crippen molar-refractivity contribution in [2.24, 2.45) is 5.73 Å². The number of urea groups is 1. The SMILES string of the molecule is CCN(C(N)=O)c1nc2c(C(=O)NC)cc(-c3cccnc3)cc2[nH]1. The summed E-state index contributed by atoms with van der Waals surface area (Å²) in [6, 6.07) is 6.73. The monoisotopic (exact) mass is 338 g/mol. The van der Waals surface area contributed by atoms with Gasteiger partial charge in [-0.1, -0.05) is 6.07 Å². The summed E-state index contributed by atoms with van der Waals surface area (Å²) < 4.78 is 0. The third kappa shape index (κ3) is 3.01. The van der Waals surface area contributed by atoms with E-state index in [1.54, 1.807) is 32.4 Å². The number of nitrogens with two attached hydrogens (primary N) is 1. The van der Waals surface area contributed by atoms with Crippen LogP contribution in [-0.2, 0) is 0 Å². The van der Waals surface area contributed by atoms with Crippen LogP contribution in [-0.4, -0.2) is 40.5 Å². The van der Waals surface area contributed by atoms with E-state index in [4.69, 9.17) is 5.73 Å². The molecule has 0 unspecified atom stereocenters. The van der Waals surface area contributed by atoms with Gasteiger partial charge in [-0.05, 0) is 30.7 Å². The lowest BCUT2D eigenvalue weighted by molar-refractivity contribution is 0.0964. The highest BCUT2D eigenvalue weighted by atomic mass is 16.2. The smallest absolute Gasteiger partial charge is 0.321 e. The second kappa shape index (κ2) is 6.60. The predicted molar refractivity (Wildman–Crippen MR) is 95.3 cm³/mol. The number of imidazole rings is 1. The molecule has 2 heterocycles. The number of nitrogens with zero attached hydrogens (tertiary/aromatic N) is 3. The number of hydrogen-bond acceptors (Lipinski definition) is 4. The molecule has 0 aliphatic carbocycles. The van der Waals surface area contributed by atoms with Crippen molar-refractivity contribution in [2.75, 3.05) is 18.5 Å². The van der Waals surface area contributed by atoms with E-state index >= 15 is 0 Å². The highest BCUT2D eigenvalue weighted by molar-refractivity contribution is 6.07. The minimum Gasteiger partial charge on any atom is -0.355 e. The number of carbonyl (C=O) groups excluding carboxylic acids is 2. The van der Waals surface area contributed by atoms with Gasteiger partial charge in [0.25, 0.3) is 5.91 Å². The predicted octanol–water partition coefficient (Wildman–Crippen LogP) is 1.89. The molecule has 8 nitrogen and oxygen atoms in total. The number of aromatic amines is 1. The molecule has 8 heteroatoms. The molecule has 0 saturated carbocycles. The molecule has 0 saturated heterocycles. The molecule has 4 N–H and O–H groups in total. The van der Waals surface area contributed by atoms with E-state index in [-0.39, 0.29) is 5.91 Å². The first-order chi connectivity index (χ1) is 12.0. The minimum absolute atomic E-state index is 0.268. The summed E-state index contributed by atoms with van der Waals surface area (Å²) in [5.74, 6) is 0.0365. The first-order valence-electron chi connectivity index (χ1n) is 7.78. The number of hydrogen-bond donors (Lipinski definition) is 3. The van der Waals surface area contributed by atoms with Crippen LogP contribution in [0.5, 0.6) is 0 Å². The zero-order valence-electron chi connectivity index (χ0n) is 13.9. The Kier molecular flexibility index (Phi) is 4.34. The molecule has 128 valence electrons. The molecule has 3 amide bonds. The fourth-order valence-corrected chi connectivity index (χ4v) is 2.65. The van der Waals surface area contributed by atoms with Gasteiger partial charge >= 0.3 is 6.03 Å². The van der Waals surface area contributed by atoms with Gasteiger partial charge in [-0.15, -0.1) is 0 Å². The summed E-state index contributed by atoms with van der Waals surface area (Å²) >= 11 is 0. The third-order valence-electron chi connectivity index (χ3n) is 3.88. The fourth-order valence-electron chi connectivity index (χ4n) is 2.65. The molecular weight excluding hydrogens is 320 g/mol. The highest BCUT2D eigenvalue weighted by Crippen LogP contribution is 2.28. The second-order valence-corrected chi connectivity index (χ2v) is 5.38. The minimum atomic E-state index is -0.615. The van der Waals surface area contributed by atoms with Crippen LogP contribution in [0.2, 0.25) is 0 Å². The molecule has 25 heavy (non-hydrogen) atoms. The van der Waals surface area contributed by atoms with Gasteiger partial charge in [0.1, 0.15) is 5.52 Å². The Morgan fingerprint density at radius 2 is 2.12 bits per heavy atom. The summed E-state index contributed by atoms with van der Waals surface area (Å²) in [7, 11) is 1.56. The van der Waals surface area contributed by atoms with Crippen LogP contribution in [0.3, 0.4) is 0 Å². The van der Waals surface area contributed by atoms with E-state index in [1.165, 1.54) is 4.90 Å². The summed E-state index contributed by atoms with van der Waals surface area (Å²) in [5.41, 5.74) is 8.58. The summed E-state index contributed by atoms with van der Waals surface area (Å²) in [6.45, 7) is 2.15. The molecule has 0 fully saturated rings. The lowest BCUT2D eigenvalue weighted by Gasteiger charge is -2.13. The van der Waals surface area contributed by atoms with Crippen LogP contribution >= 0.6 is 0 Å². The van der Waals surface area contributed by atoms with Gasteiger partial charge in [0.2, 0.25) is 5.95 Å². The van der Waals surface area contributed by atoms with Crippen molar-refractivity contribution >= 4 is 28.9 Å². The maximum Gasteiger partial charge on any atom is 0.321 e. The molecular formula is C17H18N6O2. The number of amides is 3. The number of nitrogens with one attached hydrogen (secondary N) is 2. The second-order valence-electron chi connectivity index (χ2n) is 5.38. The van der Waals surface area contributed by atoms with Crippen LogP contribution in [0.1, 0.15) is 17.3 Å². The van der Waals surface area contributed by atoms with Crippen molar-refractivity contribution in [1.29, 1.82) is 0 Å². The first kappa shape index (κ1) is 16.4. The first-order valence-corrected chi connectivity index (χ1v) is 7.78. The molecule has 2 aromatic heterocycles. The number of rotatable bonds is 4. The van der Waals surface area contributed by atoms with Crippen LogP contribution in [0.15, 0.2) is 36.7 Å². The summed E-state index contributed by atoms with van der Waals surface area (Å²) in [5, 5.41) is 2.61. The van der Waals surface area contributed by atoms with Crippen molar-refractivity contribution in [1.82, 2.24) is 20.3 Å². The quantitative estimate of drug-likeness (QED) is 0.673. The Hall–Kier alpha value is -3.42. The fraction of sp³-hybridized carbons (Fsp3) is 0.176. The number of benzene rings is 1. The molecule has 0 atom stereocenters. The zero-order chi connectivity index (χ0) is 18.0. The molecule has 0 aliphatic heterocycles. The van der Waals surface area contributed by atoms with Crippen molar-refractivity contribution in [3.05, 3.63) is 42.2 Å². The van der Waals surface area contributed by atoms with Crippen LogP contribution < -0.4 is 16.0 Å². The molecule has 0 spiro atoms. The lowest BCUT2D eigenvalue weighted by Crippen LogP contribution is -2.36. The van der Waals surface area contributed by atoms with E-state index in [0.29, 0.717) is 29.1 Å². The lowest BCUT2D eigenvalue weighted by atomic mass is 10.0. The van der Waals surface area contributed by atoms with E-state index in [2.05, 4.69) is 20.3 Å². The van der Waals surface area contributed by atoms with Crippen molar-refractivity contribution < 1.29 is 9.59 Å². The normalized spacial score (nSPS) is 10.6. The van der Waals surface area contributed by atoms with Gasteiger partial charge in [0.05, 0.1) is 11.1 Å². The standard InChI is InChI=1S/C17H18N6O2/c1-3-23(16(18)25)17-21-13-8-11(10-5-4-6-20-9-10)7-12(14(13)22-17)15(24)19-2/h4-9H,3H2,1-2H3,(H2,18,25)(H,19,24)(H,21,22). The highest BCUT2D eigenvalue weighted by Gasteiger charge is 2.19. The van der Waals surface area contributed by atoms with Gasteiger partial charge in [-0.2, -0.15) is 0 Å². The van der Waals surface area contributed by atoms with E-state index in [9.17, 15) is 9.59 Å². The number of anilines is 1. The topological polar surface area (TPSA) is 117 Å². The Labute approximate surface area is 144 Å². The Bertz CT molecular complexity index is 935. The number of fused-ring (bicyclic) bond motifs is 1. The summed E-state index contributed by atoms with van der Waals surface area (Å²) in [6.07, 6.45) is 3.40. The average molecular weight is 338 g/mol. The van der Waals surface area contributed by atoms with Crippen LogP contribution in [0, 0.1) is 0 Å². The van der Waals surface area contributed by atoms with E-state index < -0.39 is 6.03 Å². The molecule has 3 aromatic rings. The number of H-pyrrole nitrogens is 1. The van der Waals surface area contributed by atoms with Gasteiger partial charge < -0.3 is 16.0 Å². The average Bonchev–Trinajstić information content (AvgIpc) is 3.04. The van der Waals surface area contributed by atoms with Crippen molar-refractivity contribution in [3.8, 4) is 11.1 Å². The number of aromatic nitrogens is 3. The third-order valence-corrected chi connectivity index (χ3v) is 3.88. The molecule has 0 bridgehead atoms. The van der Waals surface area contributed by atoms with Gasteiger partial charge in [0.15, 0.2) is 0 Å². The zero-order valence-corrected chi connectivity index (χ0v) is 13.9. The molecule has 1 aromatic carbocycles. The molecule has 0 aliphatic rings. The van der Waals surface area contributed by atoms with Gasteiger partial charge in [-0.3, -0.25) is 14.7 Å². The van der Waals surface area contributed by atoms with E-state index in [0.717, 1.165) is 11.1 Å². The maximum atomic E-state index is 12.3. The van der Waals surface area contributed by atoms with Crippen molar-refractivity contribution in [2.45, 2.75) is 6.92 Å². The Morgan fingerprint density at radius 3 is 2.72 bits per heavy atom. The number of primary amides is 1. The van der Waals surface area contributed by atoms with Crippen LogP contribution in [0.25, 0.3) is 22.2 Å². The number of carbonyl (C=O) groups is 2. The largest absolute Gasteiger partial charge is 0.355 e. The van der Waals surface area contributed by atoms with E-state index in [1.807, 2.05) is 18.2 Å². The van der Waals surface area contributed by atoms with Gasteiger partial charge in [0, 0.05) is 31.5 Å². The molecule has 0 radical (unpaired) electrons. The van der Waals surface area contributed by atoms with Gasteiger partial charge in [-0.25, -0.2) is 9.78 Å². The Balaban J connectivity index is 2.23. The van der Waals surface area contributed by atoms with Crippen LogP contribution in [0.4, 0.5) is 10.7 Å². The number of pyridine rings is 1. The maximum absolute atomic E-state index is 12.3. The Morgan fingerprint density at radius 1 is 1.32 bits per heavy atom. The molecule has 3 rings (SSSR count). The van der Waals surface area contributed by atoms with Crippen molar-refractivity contribution in [3.63, 3.8) is 0 Å².